The molecule has 1 aliphatic rings. The van der Waals surface area contributed by atoms with Gasteiger partial charge in [0.15, 0.2) is 0 Å². The lowest BCUT2D eigenvalue weighted by Crippen LogP contribution is -2.04. The summed E-state index contributed by atoms with van der Waals surface area (Å²) in [6.07, 6.45) is 7.97. The van der Waals surface area contributed by atoms with E-state index in [4.69, 9.17) is 0 Å². The molecule has 0 saturated heterocycles. The smallest absolute Gasteiger partial charge is 0.0384 e. The first-order valence-corrected chi connectivity index (χ1v) is 10.8. The van der Waals surface area contributed by atoms with Crippen molar-refractivity contribution in [3.63, 3.8) is 0 Å². The molecule has 4 rings (SSSR count). The highest BCUT2D eigenvalue weighted by Gasteiger charge is 2.15. The Morgan fingerprint density at radius 2 is 1.36 bits per heavy atom. The summed E-state index contributed by atoms with van der Waals surface area (Å²) in [5.41, 5.74) is 6.62. The molecular weight excluding hydrogens is 338 g/mol. The van der Waals surface area contributed by atoms with E-state index in [1.54, 1.807) is 0 Å². The summed E-state index contributed by atoms with van der Waals surface area (Å²) in [5.74, 6) is 1.31. The zero-order valence-electron chi connectivity index (χ0n) is 16.9. The van der Waals surface area contributed by atoms with Crippen molar-refractivity contribution in [2.24, 2.45) is 0 Å². The maximum atomic E-state index is 3.55. The lowest BCUT2D eigenvalue weighted by atomic mass is 9.84. The third-order valence-electron chi connectivity index (χ3n) is 6.14. The number of rotatable bonds is 6. The normalized spacial score (nSPS) is 15.9. The maximum absolute atomic E-state index is 3.55. The average molecular weight is 370 g/mol. The molecule has 1 N–H and O–H groups in total. The second kappa shape index (κ2) is 9.10. The topological polar surface area (TPSA) is 12.0 Å². The third kappa shape index (κ3) is 4.84. The molecule has 1 unspecified atom stereocenters. The van der Waals surface area contributed by atoms with Gasteiger partial charge in [-0.15, -0.1) is 0 Å². The quantitative estimate of drug-likeness (QED) is 0.467. The molecule has 1 heteroatoms. The summed E-state index contributed by atoms with van der Waals surface area (Å²) in [5, 5.41) is 3.55. The van der Waals surface area contributed by atoms with E-state index in [9.17, 15) is 0 Å². The molecule has 0 spiro atoms. The number of hydrogen-bond acceptors (Lipinski definition) is 1. The first-order chi connectivity index (χ1) is 13.8. The first-order valence-electron chi connectivity index (χ1n) is 10.8. The van der Waals surface area contributed by atoms with Crippen LogP contribution in [0.2, 0.25) is 0 Å². The van der Waals surface area contributed by atoms with Gasteiger partial charge in [-0.05, 0) is 72.1 Å². The van der Waals surface area contributed by atoms with Crippen LogP contribution in [0.4, 0.5) is 11.4 Å². The zero-order valence-corrected chi connectivity index (χ0v) is 16.9. The standard InChI is InChI=1S/C27H31N/c1-21(23-8-4-2-5-9-23)20-22-12-16-26(17-13-22)28-27-18-14-25(15-19-27)24-10-6-3-7-11-24/h2,4-5,8-9,12-19,21,24,28H,3,6-7,10-11,20H2,1H3. The zero-order chi connectivity index (χ0) is 19.2. The number of benzene rings is 3. The van der Waals surface area contributed by atoms with Crippen LogP contribution in [0.3, 0.4) is 0 Å². The lowest BCUT2D eigenvalue weighted by molar-refractivity contribution is 0.443. The molecule has 0 amide bonds. The van der Waals surface area contributed by atoms with Crippen molar-refractivity contribution < 1.29 is 0 Å². The maximum Gasteiger partial charge on any atom is 0.0384 e. The van der Waals surface area contributed by atoms with Gasteiger partial charge in [-0.25, -0.2) is 0 Å². The number of hydrogen-bond donors (Lipinski definition) is 1. The molecule has 0 heterocycles. The van der Waals surface area contributed by atoms with Crippen molar-refractivity contribution in [1.29, 1.82) is 0 Å². The highest BCUT2D eigenvalue weighted by atomic mass is 14.9. The summed E-state index contributed by atoms with van der Waals surface area (Å²) < 4.78 is 0. The fourth-order valence-corrected chi connectivity index (χ4v) is 4.42. The van der Waals surface area contributed by atoms with Crippen molar-refractivity contribution in [3.8, 4) is 0 Å². The Morgan fingerprint density at radius 1 is 0.750 bits per heavy atom. The molecule has 0 aliphatic heterocycles. The van der Waals surface area contributed by atoms with Gasteiger partial charge in [-0.2, -0.15) is 0 Å². The molecule has 1 nitrogen and oxygen atoms in total. The minimum atomic E-state index is 0.535. The Hall–Kier alpha value is -2.54. The summed E-state index contributed by atoms with van der Waals surface area (Å²) in [4.78, 5) is 0. The van der Waals surface area contributed by atoms with Crippen LogP contribution in [-0.4, -0.2) is 0 Å². The largest absolute Gasteiger partial charge is 0.356 e. The van der Waals surface area contributed by atoms with Crippen LogP contribution in [0.1, 0.15) is 67.6 Å². The molecule has 1 aliphatic carbocycles. The van der Waals surface area contributed by atoms with Gasteiger partial charge < -0.3 is 5.32 Å². The van der Waals surface area contributed by atoms with Crippen LogP contribution < -0.4 is 5.32 Å². The van der Waals surface area contributed by atoms with Gasteiger partial charge in [0.2, 0.25) is 0 Å². The van der Waals surface area contributed by atoms with Gasteiger partial charge >= 0.3 is 0 Å². The van der Waals surface area contributed by atoms with Gasteiger partial charge in [0.05, 0.1) is 0 Å². The predicted molar refractivity (Wildman–Crippen MR) is 121 cm³/mol. The van der Waals surface area contributed by atoms with E-state index in [-0.39, 0.29) is 0 Å². The molecule has 0 aromatic heterocycles. The summed E-state index contributed by atoms with van der Waals surface area (Å²) in [7, 11) is 0. The Morgan fingerprint density at radius 3 is 2.00 bits per heavy atom. The van der Waals surface area contributed by atoms with Crippen LogP contribution in [-0.2, 0) is 6.42 Å². The minimum Gasteiger partial charge on any atom is -0.356 e. The molecule has 28 heavy (non-hydrogen) atoms. The Labute approximate surface area is 169 Å². The SMILES string of the molecule is CC(Cc1ccc(Nc2ccc(C3CCCCC3)cc2)cc1)c1ccccc1. The van der Waals surface area contributed by atoms with Crippen molar-refractivity contribution in [2.75, 3.05) is 5.32 Å². The van der Waals surface area contributed by atoms with Crippen LogP contribution >= 0.6 is 0 Å². The molecule has 1 atom stereocenters. The molecule has 144 valence electrons. The predicted octanol–water partition coefficient (Wildman–Crippen LogP) is 7.82. The Bertz CT molecular complexity index is 843. The van der Waals surface area contributed by atoms with Gasteiger partial charge in [0.1, 0.15) is 0 Å². The molecule has 1 saturated carbocycles. The van der Waals surface area contributed by atoms with Crippen LogP contribution in [0.15, 0.2) is 78.9 Å². The van der Waals surface area contributed by atoms with Gasteiger partial charge in [-0.3, -0.25) is 0 Å². The van der Waals surface area contributed by atoms with E-state index in [2.05, 4.69) is 91.1 Å². The molecular formula is C27H31N. The fourth-order valence-electron chi connectivity index (χ4n) is 4.42. The first kappa shape index (κ1) is 18.8. The van der Waals surface area contributed by atoms with E-state index in [0.29, 0.717) is 5.92 Å². The van der Waals surface area contributed by atoms with E-state index in [0.717, 1.165) is 18.0 Å². The van der Waals surface area contributed by atoms with Crippen molar-refractivity contribution in [2.45, 2.75) is 57.3 Å². The van der Waals surface area contributed by atoms with Crippen LogP contribution in [0, 0.1) is 0 Å². The van der Waals surface area contributed by atoms with Gasteiger partial charge in [-0.1, -0.05) is 80.8 Å². The van der Waals surface area contributed by atoms with Gasteiger partial charge in [0, 0.05) is 11.4 Å². The summed E-state index contributed by atoms with van der Waals surface area (Å²) in [6.45, 7) is 2.30. The van der Waals surface area contributed by atoms with Crippen LogP contribution in [0.25, 0.3) is 0 Å². The Kier molecular flexibility index (Phi) is 6.11. The number of nitrogens with one attached hydrogen (secondary N) is 1. The molecule has 3 aromatic rings. The third-order valence-corrected chi connectivity index (χ3v) is 6.14. The fraction of sp³-hybridized carbons (Fsp3) is 0.333. The second-order valence-corrected chi connectivity index (χ2v) is 8.29. The lowest BCUT2D eigenvalue weighted by Gasteiger charge is -2.22. The highest BCUT2D eigenvalue weighted by molar-refractivity contribution is 5.60. The number of anilines is 2. The second-order valence-electron chi connectivity index (χ2n) is 8.29. The van der Waals surface area contributed by atoms with Crippen molar-refractivity contribution in [1.82, 2.24) is 0 Å². The Balaban J connectivity index is 1.35. The molecule has 0 radical (unpaired) electrons. The molecule has 1 fully saturated rings. The minimum absolute atomic E-state index is 0.535. The van der Waals surface area contributed by atoms with E-state index in [1.165, 1.54) is 54.5 Å². The van der Waals surface area contributed by atoms with E-state index < -0.39 is 0 Å². The van der Waals surface area contributed by atoms with Crippen LogP contribution in [0.5, 0.6) is 0 Å². The molecule has 3 aromatic carbocycles. The van der Waals surface area contributed by atoms with Crippen molar-refractivity contribution >= 4 is 11.4 Å². The highest BCUT2D eigenvalue weighted by Crippen LogP contribution is 2.33. The van der Waals surface area contributed by atoms with E-state index >= 15 is 0 Å². The monoisotopic (exact) mass is 369 g/mol. The van der Waals surface area contributed by atoms with Gasteiger partial charge in [0.25, 0.3) is 0 Å². The average Bonchev–Trinajstić information content (AvgIpc) is 2.77. The summed E-state index contributed by atoms with van der Waals surface area (Å²) >= 11 is 0. The molecule has 0 bridgehead atoms. The van der Waals surface area contributed by atoms with Crippen molar-refractivity contribution in [3.05, 3.63) is 95.6 Å². The summed E-state index contributed by atoms with van der Waals surface area (Å²) in [6, 6.07) is 28.7. The van der Waals surface area contributed by atoms with E-state index in [1.807, 2.05) is 0 Å².